The minimum atomic E-state index is -0.360. The molecule has 1 saturated heterocycles. The van der Waals surface area contributed by atoms with Gasteiger partial charge in [-0.15, -0.1) is 0 Å². The highest BCUT2D eigenvalue weighted by Crippen LogP contribution is 2.38. The number of nitrogen functional groups attached to an aromatic ring is 1. The smallest absolute Gasteiger partial charge is 0.243 e. The van der Waals surface area contributed by atoms with Crippen molar-refractivity contribution in [3.05, 3.63) is 71.3 Å². The van der Waals surface area contributed by atoms with Gasteiger partial charge in [0.1, 0.15) is 11.9 Å². The Balaban J connectivity index is 1.31. The third-order valence-electron chi connectivity index (χ3n) is 6.63. The first-order valence-corrected chi connectivity index (χ1v) is 11.1. The molecule has 31 heavy (non-hydrogen) atoms. The molecule has 2 fully saturated rings. The van der Waals surface area contributed by atoms with Gasteiger partial charge in [0, 0.05) is 24.6 Å². The van der Waals surface area contributed by atoms with Gasteiger partial charge in [0.25, 0.3) is 0 Å². The van der Waals surface area contributed by atoms with Gasteiger partial charge in [-0.1, -0.05) is 61.0 Å². The van der Waals surface area contributed by atoms with Gasteiger partial charge in [-0.05, 0) is 42.7 Å². The molecule has 3 atom stereocenters. The summed E-state index contributed by atoms with van der Waals surface area (Å²) in [6, 6.07) is 17.3. The van der Waals surface area contributed by atoms with Crippen molar-refractivity contribution in [2.75, 3.05) is 6.54 Å². The Morgan fingerprint density at radius 2 is 1.77 bits per heavy atom. The van der Waals surface area contributed by atoms with Crippen LogP contribution in [-0.2, 0) is 16.1 Å². The maximum Gasteiger partial charge on any atom is 0.243 e. The van der Waals surface area contributed by atoms with Gasteiger partial charge in [-0.3, -0.25) is 15.0 Å². The Hall–Kier alpha value is -3.15. The summed E-state index contributed by atoms with van der Waals surface area (Å²) in [4.78, 5) is 27.6. The lowest BCUT2D eigenvalue weighted by atomic mass is 9.77. The molecule has 0 unspecified atom stereocenters. The van der Waals surface area contributed by atoms with Gasteiger partial charge in [0.05, 0.1) is 0 Å². The van der Waals surface area contributed by atoms with Crippen LogP contribution in [0.4, 0.5) is 0 Å². The number of nitrogens with one attached hydrogen (secondary N) is 2. The van der Waals surface area contributed by atoms with E-state index in [0.29, 0.717) is 24.6 Å². The average Bonchev–Trinajstić information content (AvgIpc) is 2.78. The maximum atomic E-state index is 13.2. The zero-order chi connectivity index (χ0) is 21.8. The molecule has 1 saturated carbocycles. The number of nitrogens with zero attached hydrogens (tertiary/aromatic N) is 1. The minimum absolute atomic E-state index is 0.00804. The van der Waals surface area contributed by atoms with Crippen LogP contribution in [0, 0.1) is 11.3 Å². The molecule has 0 spiro atoms. The predicted octanol–water partition coefficient (Wildman–Crippen LogP) is 3.16. The van der Waals surface area contributed by atoms with Crippen molar-refractivity contribution in [3.8, 4) is 0 Å². The number of rotatable bonds is 6. The van der Waals surface area contributed by atoms with Crippen molar-refractivity contribution in [1.29, 1.82) is 5.41 Å². The van der Waals surface area contributed by atoms with Gasteiger partial charge >= 0.3 is 0 Å². The van der Waals surface area contributed by atoms with Crippen molar-refractivity contribution in [1.82, 2.24) is 10.2 Å². The number of carbonyl (C=O) groups excluding carboxylic acids is 2. The Morgan fingerprint density at radius 1 is 1.03 bits per heavy atom. The Kier molecular flexibility index (Phi) is 6.35. The van der Waals surface area contributed by atoms with Crippen molar-refractivity contribution in [2.24, 2.45) is 11.7 Å². The number of hydrogen-bond acceptors (Lipinski definition) is 3. The number of benzene rings is 2. The summed E-state index contributed by atoms with van der Waals surface area (Å²) in [6.45, 7) is 1.06. The number of amidine groups is 1. The molecule has 6 heteroatoms. The van der Waals surface area contributed by atoms with E-state index in [2.05, 4.69) is 29.6 Å². The average molecular weight is 419 g/mol. The second kappa shape index (κ2) is 9.33. The second-order valence-electron chi connectivity index (χ2n) is 8.64. The van der Waals surface area contributed by atoms with Crippen molar-refractivity contribution in [2.45, 2.75) is 50.6 Å². The largest absolute Gasteiger partial charge is 0.384 e. The zero-order valence-electron chi connectivity index (χ0n) is 17.7. The highest BCUT2D eigenvalue weighted by atomic mass is 16.2. The summed E-state index contributed by atoms with van der Waals surface area (Å²) in [5.41, 5.74) is 8.39. The van der Waals surface area contributed by atoms with E-state index < -0.39 is 0 Å². The molecule has 4 rings (SSSR count). The molecule has 0 aromatic heterocycles. The summed E-state index contributed by atoms with van der Waals surface area (Å²) < 4.78 is 0. The van der Waals surface area contributed by atoms with Crippen LogP contribution < -0.4 is 11.1 Å². The minimum Gasteiger partial charge on any atom is -0.384 e. The fourth-order valence-electron chi connectivity index (χ4n) is 4.71. The molecule has 2 amide bonds. The van der Waals surface area contributed by atoms with E-state index in [1.54, 1.807) is 17.0 Å². The monoisotopic (exact) mass is 418 g/mol. The lowest BCUT2D eigenvalue weighted by Crippen LogP contribution is -2.59. The van der Waals surface area contributed by atoms with Gasteiger partial charge in [-0.2, -0.15) is 0 Å². The Bertz CT molecular complexity index is 942. The van der Waals surface area contributed by atoms with E-state index in [1.807, 2.05) is 18.2 Å². The van der Waals surface area contributed by atoms with Crippen LogP contribution in [-0.4, -0.2) is 35.1 Å². The van der Waals surface area contributed by atoms with Gasteiger partial charge in [0.15, 0.2) is 0 Å². The molecule has 1 aliphatic carbocycles. The quantitative estimate of drug-likeness (QED) is 0.496. The van der Waals surface area contributed by atoms with Crippen molar-refractivity contribution in [3.63, 3.8) is 0 Å². The molecule has 0 radical (unpaired) electrons. The second-order valence-corrected chi connectivity index (χ2v) is 8.64. The molecule has 1 aliphatic heterocycles. The topological polar surface area (TPSA) is 99.3 Å². The summed E-state index contributed by atoms with van der Waals surface area (Å²) in [6.07, 6.45) is 4.68. The van der Waals surface area contributed by atoms with Crippen LogP contribution in [0.5, 0.6) is 0 Å². The van der Waals surface area contributed by atoms with E-state index in [9.17, 15) is 9.59 Å². The van der Waals surface area contributed by atoms with Crippen molar-refractivity contribution >= 4 is 17.6 Å². The predicted molar refractivity (Wildman–Crippen MR) is 121 cm³/mol. The van der Waals surface area contributed by atoms with Gasteiger partial charge < -0.3 is 16.0 Å². The third-order valence-corrected chi connectivity index (χ3v) is 6.63. The molecule has 162 valence electrons. The fraction of sp³-hybridized carbons (Fsp3) is 0.400. The van der Waals surface area contributed by atoms with Crippen LogP contribution in [0.1, 0.15) is 54.7 Å². The highest BCUT2D eigenvalue weighted by molar-refractivity contribution is 5.95. The summed E-state index contributed by atoms with van der Waals surface area (Å²) >= 11 is 0. The molecule has 6 nitrogen and oxygen atoms in total. The Morgan fingerprint density at radius 3 is 2.42 bits per heavy atom. The van der Waals surface area contributed by atoms with Crippen LogP contribution in [0.2, 0.25) is 0 Å². The van der Waals surface area contributed by atoms with Crippen LogP contribution in [0.3, 0.4) is 0 Å². The van der Waals surface area contributed by atoms with E-state index in [-0.39, 0.29) is 29.6 Å². The first kappa shape index (κ1) is 21.1. The molecule has 2 aliphatic rings. The molecule has 2 aromatic rings. The molecule has 1 heterocycles. The summed E-state index contributed by atoms with van der Waals surface area (Å²) in [7, 11) is 0. The Labute approximate surface area is 183 Å². The number of nitrogens with two attached hydrogens (primary N) is 1. The van der Waals surface area contributed by atoms with E-state index in [0.717, 1.165) is 37.7 Å². The first-order chi connectivity index (χ1) is 15.0. The molecule has 4 N–H and O–H groups in total. The molecule has 2 aromatic carbocycles. The normalized spacial score (nSPS) is 23.0. The summed E-state index contributed by atoms with van der Waals surface area (Å²) in [5.74, 6) is 0.504. The third kappa shape index (κ3) is 4.79. The number of carbonyl (C=O) groups is 2. The highest BCUT2D eigenvalue weighted by Gasteiger charge is 2.41. The van der Waals surface area contributed by atoms with Crippen LogP contribution in [0.25, 0.3) is 0 Å². The van der Waals surface area contributed by atoms with Crippen molar-refractivity contribution < 1.29 is 9.59 Å². The fourth-order valence-corrected chi connectivity index (χ4v) is 4.71. The number of likely N-dealkylation sites (tertiary alicyclic amines) is 1. The van der Waals surface area contributed by atoms with Gasteiger partial charge in [0.2, 0.25) is 11.8 Å². The van der Waals surface area contributed by atoms with Crippen LogP contribution in [0.15, 0.2) is 54.6 Å². The number of hydrogen-bond donors (Lipinski definition) is 3. The molecule has 0 bridgehead atoms. The summed E-state index contributed by atoms with van der Waals surface area (Å²) in [5, 5.41) is 10.4. The SMILES string of the molecule is N=C(N)c1ccc(CNC(=O)[C@@H]2CCN2C(=O)[C@@H]2CCC[C@H](c3ccccc3)C2)cc1. The van der Waals surface area contributed by atoms with Gasteiger partial charge in [-0.25, -0.2) is 0 Å². The standard InChI is InChI=1S/C25H30N4O2/c26-23(27)19-11-9-17(10-12-19)16-28-24(30)22-13-14-29(22)25(31)21-8-4-7-20(15-21)18-5-2-1-3-6-18/h1-3,5-6,9-12,20-22H,4,7-8,13-16H2,(H3,26,27)(H,28,30)/t20-,21+,22-/m0/s1. The number of amides is 2. The molecular formula is C25H30N4O2. The lowest BCUT2D eigenvalue weighted by Gasteiger charge is -2.43. The maximum absolute atomic E-state index is 13.2. The van der Waals surface area contributed by atoms with E-state index in [1.165, 1.54) is 5.56 Å². The lowest BCUT2D eigenvalue weighted by molar-refractivity contribution is -0.151. The van der Waals surface area contributed by atoms with E-state index in [4.69, 9.17) is 11.1 Å². The zero-order valence-corrected chi connectivity index (χ0v) is 17.7. The van der Waals surface area contributed by atoms with Crippen LogP contribution >= 0.6 is 0 Å². The first-order valence-electron chi connectivity index (χ1n) is 11.1. The van der Waals surface area contributed by atoms with E-state index >= 15 is 0 Å². The molecular weight excluding hydrogens is 388 g/mol.